The topological polar surface area (TPSA) is 47.1 Å². The molecule has 0 saturated heterocycles. The Bertz CT molecular complexity index is 716. The van der Waals surface area contributed by atoms with Crippen LogP contribution in [0.25, 0.3) is 22.4 Å². The summed E-state index contributed by atoms with van der Waals surface area (Å²) in [5.41, 5.74) is 3.00. The third kappa shape index (κ3) is 1.73. The van der Waals surface area contributed by atoms with Gasteiger partial charge in [-0.15, -0.1) is 0 Å². The quantitative estimate of drug-likeness (QED) is 0.724. The second-order valence-corrected chi connectivity index (χ2v) is 4.46. The Morgan fingerprint density at radius 3 is 2.68 bits per heavy atom. The molecular formula is C15H12N2O2. The van der Waals surface area contributed by atoms with Crippen LogP contribution in [0.15, 0.2) is 42.5 Å². The van der Waals surface area contributed by atoms with Crippen LogP contribution in [-0.4, -0.2) is 23.2 Å². The number of hydrogen-bond acceptors (Lipinski definition) is 3. The maximum Gasteiger partial charge on any atom is 0.162 e. The summed E-state index contributed by atoms with van der Waals surface area (Å²) < 4.78 is 11.1. The lowest BCUT2D eigenvalue weighted by Gasteiger charge is -2.18. The highest BCUT2D eigenvalue weighted by atomic mass is 16.6. The lowest BCUT2D eigenvalue weighted by Crippen LogP contribution is -2.15. The van der Waals surface area contributed by atoms with Crippen molar-refractivity contribution in [2.75, 3.05) is 13.2 Å². The number of benzene rings is 2. The van der Waals surface area contributed by atoms with Gasteiger partial charge in [0.2, 0.25) is 0 Å². The normalized spacial score (nSPS) is 13.7. The fraction of sp³-hybridized carbons (Fsp3) is 0.133. The van der Waals surface area contributed by atoms with E-state index in [9.17, 15) is 0 Å². The SMILES string of the molecule is c1ccc2[nH]c(-c3ccc4c(c3)OCCO4)nc2c1. The smallest absolute Gasteiger partial charge is 0.162 e. The fourth-order valence-electron chi connectivity index (χ4n) is 2.28. The summed E-state index contributed by atoms with van der Waals surface area (Å²) in [5, 5.41) is 0. The van der Waals surface area contributed by atoms with Gasteiger partial charge < -0.3 is 14.5 Å². The van der Waals surface area contributed by atoms with E-state index in [-0.39, 0.29) is 0 Å². The van der Waals surface area contributed by atoms with Crippen LogP contribution in [0.4, 0.5) is 0 Å². The Balaban J connectivity index is 1.83. The molecule has 0 spiro atoms. The third-order valence-corrected chi connectivity index (χ3v) is 3.20. The van der Waals surface area contributed by atoms with Gasteiger partial charge in [0.05, 0.1) is 11.0 Å². The van der Waals surface area contributed by atoms with Crippen molar-refractivity contribution in [3.05, 3.63) is 42.5 Å². The molecule has 94 valence electrons. The molecule has 0 atom stereocenters. The maximum atomic E-state index is 5.59. The molecule has 0 aliphatic carbocycles. The van der Waals surface area contributed by atoms with Crippen molar-refractivity contribution in [1.82, 2.24) is 9.97 Å². The number of imidazole rings is 1. The van der Waals surface area contributed by atoms with Crippen LogP contribution in [-0.2, 0) is 0 Å². The number of H-pyrrole nitrogens is 1. The summed E-state index contributed by atoms with van der Waals surface area (Å²) in [7, 11) is 0. The Hall–Kier alpha value is -2.49. The molecule has 0 fully saturated rings. The molecule has 3 aromatic rings. The molecule has 19 heavy (non-hydrogen) atoms. The number of hydrogen-bond donors (Lipinski definition) is 1. The zero-order valence-corrected chi connectivity index (χ0v) is 10.2. The molecule has 0 radical (unpaired) electrons. The van der Waals surface area contributed by atoms with Gasteiger partial charge in [-0.3, -0.25) is 0 Å². The average Bonchev–Trinajstić information content (AvgIpc) is 2.90. The molecule has 0 bridgehead atoms. The van der Waals surface area contributed by atoms with E-state index >= 15 is 0 Å². The number of nitrogens with zero attached hydrogens (tertiary/aromatic N) is 1. The van der Waals surface area contributed by atoms with Gasteiger partial charge >= 0.3 is 0 Å². The van der Waals surface area contributed by atoms with Crippen molar-refractivity contribution < 1.29 is 9.47 Å². The van der Waals surface area contributed by atoms with Crippen LogP contribution in [0, 0.1) is 0 Å². The predicted molar refractivity (Wildman–Crippen MR) is 72.5 cm³/mol. The van der Waals surface area contributed by atoms with Gasteiger partial charge in [0.1, 0.15) is 19.0 Å². The van der Waals surface area contributed by atoms with Gasteiger partial charge in [-0.05, 0) is 30.3 Å². The monoisotopic (exact) mass is 252 g/mol. The Kier molecular flexibility index (Phi) is 2.21. The summed E-state index contributed by atoms with van der Waals surface area (Å²) in [4.78, 5) is 7.89. The number of ether oxygens (including phenoxy) is 2. The van der Waals surface area contributed by atoms with Crippen LogP contribution in [0.2, 0.25) is 0 Å². The molecular weight excluding hydrogens is 240 g/mol. The van der Waals surface area contributed by atoms with E-state index in [1.165, 1.54) is 0 Å². The highest BCUT2D eigenvalue weighted by Crippen LogP contribution is 2.34. The van der Waals surface area contributed by atoms with Crippen LogP contribution >= 0.6 is 0 Å². The highest BCUT2D eigenvalue weighted by molar-refractivity contribution is 5.79. The Morgan fingerprint density at radius 2 is 1.79 bits per heavy atom. The minimum Gasteiger partial charge on any atom is -0.486 e. The van der Waals surface area contributed by atoms with Gasteiger partial charge in [0.25, 0.3) is 0 Å². The minimum absolute atomic E-state index is 0.594. The summed E-state index contributed by atoms with van der Waals surface area (Å²) >= 11 is 0. The van der Waals surface area contributed by atoms with Crippen molar-refractivity contribution in [2.45, 2.75) is 0 Å². The molecule has 2 heterocycles. The first-order valence-corrected chi connectivity index (χ1v) is 6.25. The van der Waals surface area contributed by atoms with Crippen molar-refractivity contribution in [3.8, 4) is 22.9 Å². The largest absolute Gasteiger partial charge is 0.486 e. The molecule has 4 nitrogen and oxygen atoms in total. The van der Waals surface area contributed by atoms with Crippen molar-refractivity contribution in [2.24, 2.45) is 0 Å². The molecule has 0 amide bonds. The first-order valence-electron chi connectivity index (χ1n) is 6.25. The fourth-order valence-corrected chi connectivity index (χ4v) is 2.28. The molecule has 1 aromatic heterocycles. The highest BCUT2D eigenvalue weighted by Gasteiger charge is 2.13. The van der Waals surface area contributed by atoms with Crippen LogP contribution in [0.3, 0.4) is 0 Å². The molecule has 0 saturated carbocycles. The van der Waals surface area contributed by atoms with Crippen LogP contribution in [0.5, 0.6) is 11.5 Å². The second kappa shape index (κ2) is 4.02. The maximum absolute atomic E-state index is 5.59. The Labute approximate surface area is 110 Å². The molecule has 4 rings (SSSR count). The lowest BCUT2D eigenvalue weighted by molar-refractivity contribution is 0.171. The molecule has 4 heteroatoms. The van der Waals surface area contributed by atoms with Gasteiger partial charge in [0.15, 0.2) is 11.5 Å². The third-order valence-electron chi connectivity index (χ3n) is 3.20. The van der Waals surface area contributed by atoms with E-state index < -0.39 is 0 Å². The van der Waals surface area contributed by atoms with Crippen molar-refractivity contribution in [3.63, 3.8) is 0 Å². The predicted octanol–water partition coefficient (Wildman–Crippen LogP) is 3.00. The average molecular weight is 252 g/mol. The number of nitrogens with one attached hydrogen (secondary N) is 1. The molecule has 1 aliphatic heterocycles. The number of para-hydroxylation sites is 2. The summed E-state index contributed by atoms with van der Waals surface area (Å²) in [5.74, 6) is 2.42. The lowest BCUT2D eigenvalue weighted by atomic mass is 10.2. The number of fused-ring (bicyclic) bond motifs is 2. The van der Waals surface area contributed by atoms with Crippen molar-refractivity contribution >= 4 is 11.0 Å². The van der Waals surface area contributed by atoms with Gasteiger partial charge in [-0.25, -0.2) is 4.98 Å². The summed E-state index contributed by atoms with van der Waals surface area (Å²) in [6.45, 7) is 1.20. The molecule has 1 aliphatic rings. The molecule has 0 unspecified atom stereocenters. The zero-order chi connectivity index (χ0) is 12.7. The van der Waals surface area contributed by atoms with E-state index in [2.05, 4.69) is 9.97 Å². The van der Waals surface area contributed by atoms with Crippen LogP contribution < -0.4 is 9.47 Å². The first-order chi connectivity index (χ1) is 9.40. The van der Waals surface area contributed by atoms with Gasteiger partial charge in [-0.1, -0.05) is 12.1 Å². The summed E-state index contributed by atoms with van der Waals surface area (Å²) in [6, 6.07) is 13.9. The second-order valence-electron chi connectivity index (χ2n) is 4.46. The Morgan fingerprint density at radius 1 is 0.947 bits per heavy atom. The van der Waals surface area contributed by atoms with E-state index in [1.54, 1.807) is 0 Å². The minimum atomic E-state index is 0.594. The first kappa shape index (κ1) is 10.4. The van der Waals surface area contributed by atoms with Crippen molar-refractivity contribution in [1.29, 1.82) is 0 Å². The van der Waals surface area contributed by atoms with E-state index in [4.69, 9.17) is 9.47 Å². The van der Waals surface area contributed by atoms with Crippen LogP contribution in [0.1, 0.15) is 0 Å². The zero-order valence-electron chi connectivity index (χ0n) is 10.2. The number of rotatable bonds is 1. The van der Waals surface area contributed by atoms with Gasteiger partial charge in [0, 0.05) is 5.56 Å². The number of aromatic nitrogens is 2. The van der Waals surface area contributed by atoms with E-state index in [0.29, 0.717) is 13.2 Å². The summed E-state index contributed by atoms with van der Waals surface area (Å²) in [6.07, 6.45) is 0. The molecule has 2 aromatic carbocycles. The van der Waals surface area contributed by atoms with E-state index in [1.807, 2.05) is 42.5 Å². The standard InChI is InChI=1S/C15H12N2O2/c1-2-4-12-11(3-1)16-15(17-12)10-5-6-13-14(9-10)19-8-7-18-13/h1-6,9H,7-8H2,(H,16,17). The molecule has 1 N–H and O–H groups in total. The van der Waals surface area contributed by atoms with Gasteiger partial charge in [-0.2, -0.15) is 0 Å². The van der Waals surface area contributed by atoms with E-state index in [0.717, 1.165) is 33.9 Å². The number of aromatic amines is 1.